The number of rotatable bonds is 7. The number of amides is 2. The first-order chi connectivity index (χ1) is 15.4. The molecule has 0 aromatic heterocycles. The van der Waals surface area contributed by atoms with Gasteiger partial charge in [0.25, 0.3) is 0 Å². The molecular weight excluding hydrogens is 424 g/mol. The van der Waals surface area contributed by atoms with Crippen molar-refractivity contribution < 1.29 is 28.6 Å². The highest BCUT2D eigenvalue weighted by molar-refractivity contribution is 5.70. The lowest BCUT2D eigenvalue weighted by atomic mass is 9.93. The smallest absolute Gasteiger partial charge is 0.410 e. The van der Waals surface area contributed by atoms with Crippen molar-refractivity contribution in [3.8, 4) is 0 Å². The first-order valence-electron chi connectivity index (χ1n) is 11.5. The lowest BCUT2D eigenvalue weighted by Crippen LogP contribution is -2.56. The van der Waals surface area contributed by atoms with E-state index in [9.17, 15) is 14.4 Å². The predicted octanol–water partition coefficient (Wildman–Crippen LogP) is 4.47. The van der Waals surface area contributed by atoms with Gasteiger partial charge in [-0.25, -0.2) is 9.59 Å². The van der Waals surface area contributed by atoms with E-state index < -0.39 is 17.8 Å². The molecule has 1 fully saturated rings. The molecule has 2 amide bonds. The number of carbonyl (C=O) groups excluding carboxylic acids is 3. The second kappa shape index (κ2) is 11.9. The van der Waals surface area contributed by atoms with Crippen LogP contribution in [0.2, 0.25) is 0 Å². The summed E-state index contributed by atoms with van der Waals surface area (Å²) in [5.41, 5.74) is 0.267. The van der Waals surface area contributed by atoms with Crippen molar-refractivity contribution in [2.24, 2.45) is 11.8 Å². The molecule has 184 valence electrons. The quantitative estimate of drug-likeness (QED) is 0.439. The molecule has 2 unspecified atom stereocenters. The van der Waals surface area contributed by atoms with Crippen molar-refractivity contribution in [2.45, 2.75) is 66.2 Å². The molecule has 0 saturated carbocycles. The zero-order valence-corrected chi connectivity index (χ0v) is 20.7. The SMILES string of the molecule is CC(=O)OCC1CC(N(CC(C)C)C(=O)OCc2ccccc2)CN(C(=O)OC(C)(C)C)C1. The third-order valence-electron chi connectivity index (χ3n) is 5.13. The van der Waals surface area contributed by atoms with E-state index in [1.165, 1.54) is 6.92 Å². The predicted molar refractivity (Wildman–Crippen MR) is 125 cm³/mol. The van der Waals surface area contributed by atoms with Gasteiger partial charge < -0.3 is 24.0 Å². The molecule has 1 aromatic rings. The Kier molecular flexibility index (Phi) is 9.56. The van der Waals surface area contributed by atoms with E-state index in [1.54, 1.807) is 9.80 Å². The second-order valence-corrected chi connectivity index (χ2v) is 10.0. The topological polar surface area (TPSA) is 85.4 Å². The lowest BCUT2D eigenvalue weighted by Gasteiger charge is -2.42. The average molecular weight is 463 g/mol. The fraction of sp³-hybridized carbons (Fsp3) is 0.640. The van der Waals surface area contributed by atoms with Gasteiger partial charge in [-0.2, -0.15) is 0 Å². The van der Waals surface area contributed by atoms with Crippen molar-refractivity contribution in [1.82, 2.24) is 9.80 Å². The van der Waals surface area contributed by atoms with Crippen LogP contribution >= 0.6 is 0 Å². The minimum Gasteiger partial charge on any atom is -0.466 e. The van der Waals surface area contributed by atoms with Gasteiger partial charge in [0, 0.05) is 32.5 Å². The van der Waals surface area contributed by atoms with Gasteiger partial charge in [-0.3, -0.25) is 4.79 Å². The van der Waals surface area contributed by atoms with Gasteiger partial charge in [-0.15, -0.1) is 0 Å². The van der Waals surface area contributed by atoms with Crippen molar-refractivity contribution in [2.75, 3.05) is 26.2 Å². The van der Waals surface area contributed by atoms with Crippen molar-refractivity contribution >= 4 is 18.2 Å². The first kappa shape index (κ1) is 26.5. The fourth-order valence-electron chi connectivity index (χ4n) is 3.80. The number of piperidine rings is 1. The third-order valence-corrected chi connectivity index (χ3v) is 5.13. The molecule has 33 heavy (non-hydrogen) atoms. The number of benzene rings is 1. The maximum atomic E-state index is 13.1. The van der Waals surface area contributed by atoms with Crippen LogP contribution < -0.4 is 0 Å². The van der Waals surface area contributed by atoms with Crippen LogP contribution in [-0.4, -0.2) is 65.8 Å². The number of esters is 1. The summed E-state index contributed by atoms with van der Waals surface area (Å²) in [6.07, 6.45) is -0.267. The minimum atomic E-state index is -0.637. The summed E-state index contributed by atoms with van der Waals surface area (Å²) < 4.78 is 16.4. The molecule has 8 heteroatoms. The standard InChI is InChI=1S/C25H38N2O6/c1-18(2)13-27(24(30)32-16-20-10-8-7-9-11-20)22-12-21(17-31-19(3)28)14-26(15-22)23(29)33-25(4,5)6/h7-11,18,21-22H,12-17H2,1-6H3. The van der Waals surface area contributed by atoms with Crippen LogP contribution in [0.25, 0.3) is 0 Å². The Morgan fingerprint density at radius 3 is 2.33 bits per heavy atom. The van der Waals surface area contributed by atoms with Crippen molar-refractivity contribution in [1.29, 1.82) is 0 Å². The van der Waals surface area contributed by atoms with Crippen LogP contribution in [0.4, 0.5) is 9.59 Å². The Morgan fingerprint density at radius 2 is 1.76 bits per heavy atom. The van der Waals surface area contributed by atoms with Gasteiger partial charge in [-0.05, 0) is 38.7 Å². The molecule has 8 nitrogen and oxygen atoms in total. The maximum Gasteiger partial charge on any atom is 0.410 e. The normalized spacial score (nSPS) is 18.6. The van der Waals surface area contributed by atoms with Gasteiger partial charge in [0.15, 0.2) is 0 Å². The molecule has 1 aliphatic heterocycles. The Labute approximate surface area is 197 Å². The number of hydrogen-bond acceptors (Lipinski definition) is 6. The number of ether oxygens (including phenoxy) is 3. The fourth-order valence-corrected chi connectivity index (χ4v) is 3.80. The van der Waals surface area contributed by atoms with Crippen LogP contribution in [-0.2, 0) is 25.6 Å². The molecule has 2 rings (SSSR count). The van der Waals surface area contributed by atoms with Gasteiger partial charge >= 0.3 is 18.2 Å². The minimum absolute atomic E-state index is 0.114. The molecule has 0 spiro atoms. The van der Waals surface area contributed by atoms with Crippen LogP contribution in [0.15, 0.2) is 30.3 Å². The van der Waals surface area contributed by atoms with Crippen molar-refractivity contribution in [3.05, 3.63) is 35.9 Å². The molecule has 1 aliphatic rings. The summed E-state index contributed by atoms with van der Waals surface area (Å²) >= 11 is 0. The highest BCUT2D eigenvalue weighted by Crippen LogP contribution is 2.25. The number of hydrogen-bond donors (Lipinski definition) is 0. The highest BCUT2D eigenvalue weighted by atomic mass is 16.6. The Morgan fingerprint density at radius 1 is 1.09 bits per heavy atom. The summed E-state index contributed by atoms with van der Waals surface area (Å²) in [6, 6.07) is 9.23. The van der Waals surface area contributed by atoms with Gasteiger partial charge in [0.2, 0.25) is 0 Å². The molecule has 1 heterocycles. The van der Waals surface area contributed by atoms with E-state index in [0.717, 1.165) is 5.56 Å². The Hall–Kier alpha value is -2.77. The highest BCUT2D eigenvalue weighted by Gasteiger charge is 2.38. The summed E-state index contributed by atoms with van der Waals surface area (Å²) in [5.74, 6) is -0.280. The summed E-state index contributed by atoms with van der Waals surface area (Å²) in [5, 5.41) is 0. The van der Waals surface area contributed by atoms with E-state index in [0.29, 0.717) is 26.1 Å². The summed E-state index contributed by atoms with van der Waals surface area (Å²) in [4.78, 5) is 40.6. The van der Waals surface area contributed by atoms with Gasteiger partial charge in [-0.1, -0.05) is 44.2 Å². The number of likely N-dealkylation sites (tertiary alicyclic amines) is 1. The average Bonchev–Trinajstić information content (AvgIpc) is 2.73. The number of carbonyl (C=O) groups is 3. The zero-order chi connectivity index (χ0) is 24.6. The molecular formula is C25H38N2O6. The molecule has 0 radical (unpaired) electrons. The molecule has 1 saturated heterocycles. The van der Waals surface area contributed by atoms with E-state index in [4.69, 9.17) is 14.2 Å². The third kappa shape index (κ3) is 9.32. The summed E-state index contributed by atoms with van der Waals surface area (Å²) in [7, 11) is 0. The van der Waals surface area contributed by atoms with Crippen LogP contribution in [0.3, 0.4) is 0 Å². The Balaban J connectivity index is 2.18. The van der Waals surface area contributed by atoms with E-state index in [-0.39, 0.29) is 37.1 Å². The molecule has 2 atom stereocenters. The molecule has 1 aromatic carbocycles. The second-order valence-electron chi connectivity index (χ2n) is 10.0. The Bertz CT molecular complexity index is 790. The molecule has 0 bridgehead atoms. The zero-order valence-electron chi connectivity index (χ0n) is 20.7. The van der Waals surface area contributed by atoms with Crippen molar-refractivity contribution in [3.63, 3.8) is 0 Å². The van der Waals surface area contributed by atoms with Crippen LogP contribution in [0.1, 0.15) is 53.5 Å². The van der Waals surface area contributed by atoms with E-state index in [2.05, 4.69) is 0 Å². The van der Waals surface area contributed by atoms with Crippen LogP contribution in [0.5, 0.6) is 0 Å². The lowest BCUT2D eigenvalue weighted by molar-refractivity contribution is -0.143. The largest absolute Gasteiger partial charge is 0.466 e. The maximum absolute atomic E-state index is 13.1. The molecule has 0 aliphatic carbocycles. The van der Waals surface area contributed by atoms with E-state index in [1.807, 2.05) is 65.0 Å². The molecule has 0 N–H and O–H groups in total. The van der Waals surface area contributed by atoms with Crippen LogP contribution in [0, 0.1) is 11.8 Å². The monoisotopic (exact) mass is 462 g/mol. The van der Waals surface area contributed by atoms with Gasteiger partial charge in [0.1, 0.15) is 12.2 Å². The van der Waals surface area contributed by atoms with Gasteiger partial charge in [0.05, 0.1) is 12.6 Å². The van der Waals surface area contributed by atoms with E-state index >= 15 is 0 Å². The summed E-state index contributed by atoms with van der Waals surface area (Å²) in [6.45, 7) is 12.4. The first-order valence-corrected chi connectivity index (χ1v) is 11.5. The number of nitrogens with zero attached hydrogens (tertiary/aromatic N) is 2.